The van der Waals surface area contributed by atoms with E-state index in [1.54, 1.807) is 18.3 Å². The number of nitrogens with zero attached hydrogens (tertiary/aromatic N) is 3. The normalized spacial score (nSPS) is 22.4. The molecule has 1 aromatic carbocycles. The Kier molecular flexibility index (Phi) is 4.66. The van der Waals surface area contributed by atoms with Crippen LogP contribution in [0.15, 0.2) is 30.5 Å². The quantitative estimate of drug-likeness (QED) is 0.918. The first-order valence-corrected chi connectivity index (χ1v) is 9.33. The van der Waals surface area contributed by atoms with Crippen molar-refractivity contribution in [1.82, 2.24) is 14.9 Å². The number of aromatic nitrogens is 2. The van der Waals surface area contributed by atoms with E-state index in [1.165, 1.54) is 44.7 Å². The third-order valence-corrected chi connectivity index (χ3v) is 5.65. The van der Waals surface area contributed by atoms with Gasteiger partial charge in [-0.2, -0.15) is 0 Å². The molecular weight excluding hydrogens is 315 g/mol. The molecular formula is C20H25FN4. The van der Waals surface area contributed by atoms with E-state index in [2.05, 4.69) is 14.9 Å². The van der Waals surface area contributed by atoms with E-state index in [9.17, 15) is 4.39 Å². The Hall–Kier alpha value is -2.01. The van der Waals surface area contributed by atoms with Crippen LogP contribution in [0.1, 0.15) is 50.1 Å². The molecule has 1 saturated carbocycles. The van der Waals surface area contributed by atoms with E-state index in [1.807, 2.05) is 6.07 Å². The molecule has 0 radical (unpaired) electrons. The lowest BCUT2D eigenvalue weighted by Gasteiger charge is -2.37. The topological polar surface area (TPSA) is 55.0 Å². The van der Waals surface area contributed by atoms with Crippen molar-refractivity contribution in [2.45, 2.75) is 50.5 Å². The van der Waals surface area contributed by atoms with Crippen molar-refractivity contribution in [3.05, 3.63) is 42.0 Å². The molecule has 2 N–H and O–H groups in total. The second-order valence-corrected chi connectivity index (χ2v) is 7.31. The molecule has 25 heavy (non-hydrogen) atoms. The van der Waals surface area contributed by atoms with Gasteiger partial charge in [0.05, 0.1) is 5.69 Å². The molecule has 0 bridgehead atoms. The van der Waals surface area contributed by atoms with Crippen LogP contribution >= 0.6 is 0 Å². The lowest BCUT2D eigenvalue weighted by molar-refractivity contribution is 0.149. The molecule has 2 aliphatic rings. The van der Waals surface area contributed by atoms with E-state index < -0.39 is 0 Å². The molecule has 0 unspecified atom stereocenters. The first-order chi connectivity index (χ1) is 12.2. The highest BCUT2D eigenvalue weighted by atomic mass is 19.1. The Morgan fingerprint density at radius 2 is 1.96 bits per heavy atom. The molecule has 5 heteroatoms. The Morgan fingerprint density at radius 1 is 1.12 bits per heavy atom. The Balaban J connectivity index is 1.65. The maximum Gasteiger partial charge on any atom is 0.220 e. The third-order valence-electron chi connectivity index (χ3n) is 5.65. The number of benzene rings is 1. The first kappa shape index (κ1) is 16.5. The highest BCUT2D eigenvalue weighted by Gasteiger charge is 2.30. The Labute approximate surface area is 148 Å². The fraction of sp³-hybridized carbons (Fsp3) is 0.500. The van der Waals surface area contributed by atoms with Crippen LogP contribution in [0.25, 0.3) is 11.1 Å². The average Bonchev–Trinajstić information content (AvgIpc) is 3.16. The summed E-state index contributed by atoms with van der Waals surface area (Å²) in [5.41, 5.74) is 8.60. The molecule has 132 valence electrons. The van der Waals surface area contributed by atoms with Crippen LogP contribution in [-0.2, 0) is 0 Å². The second-order valence-electron chi connectivity index (χ2n) is 7.31. The minimum absolute atomic E-state index is 0.239. The minimum atomic E-state index is -0.239. The van der Waals surface area contributed by atoms with Gasteiger partial charge in [0, 0.05) is 30.3 Å². The number of hydrogen-bond donors (Lipinski definition) is 1. The Bertz CT molecular complexity index is 742. The summed E-state index contributed by atoms with van der Waals surface area (Å²) < 4.78 is 13.7. The molecule has 4 nitrogen and oxygen atoms in total. The lowest BCUT2D eigenvalue weighted by Crippen LogP contribution is -2.41. The van der Waals surface area contributed by atoms with Crippen LogP contribution in [0, 0.1) is 5.82 Å². The number of likely N-dealkylation sites (tertiary alicyclic amines) is 1. The molecule has 2 heterocycles. The summed E-state index contributed by atoms with van der Waals surface area (Å²) in [5, 5.41) is 0. The largest absolute Gasteiger partial charge is 0.368 e. The Morgan fingerprint density at radius 3 is 2.76 bits per heavy atom. The van der Waals surface area contributed by atoms with Gasteiger partial charge in [-0.1, -0.05) is 25.0 Å². The molecule has 2 aromatic rings. The standard InChI is InChI=1S/C20H25FN4/c21-16-7-3-5-14(11-16)18-12-23-20(22)24-19(18)15-6-4-10-25(13-15)17-8-1-2-9-17/h3,5,7,11-12,15,17H,1-2,4,6,8-10,13H2,(H2,22,23,24)/t15-/m0/s1. The number of hydrogen-bond acceptors (Lipinski definition) is 4. The highest BCUT2D eigenvalue weighted by molar-refractivity contribution is 5.66. The number of piperidine rings is 1. The van der Waals surface area contributed by atoms with E-state index in [0.717, 1.165) is 35.8 Å². The van der Waals surface area contributed by atoms with Crippen molar-refractivity contribution in [2.24, 2.45) is 0 Å². The van der Waals surface area contributed by atoms with Gasteiger partial charge < -0.3 is 5.73 Å². The summed E-state index contributed by atoms with van der Waals surface area (Å²) in [6, 6.07) is 7.38. The average molecular weight is 340 g/mol. The van der Waals surface area contributed by atoms with E-state index in [4.69, 9.17) is 5.73 Å². The number of rotatable bonds is 3. The van der Waals surface area contributed by atoms with Gasteiger partial charge in [-0.25, -0.2) is 14.4 Å². The SMILES string of the molecule is Nc1ncc(-c2cccc(F)c2)c([C@H]2CCCN(C3CCCC3)C2)n1. The van der Waals surface area contributed by atoms with Gasteiger partial charge in [-0.05, 0) is 49.9 Å². The molecule has 1 saturated heterocycles. The van der Waals surface area contributed by atoms with Crippen molar-refractivity contribution in [2.75, 3.05) is 18.8 Å². The van der Waals surface area contributed by atoms with Crippen molar-refractivity contribution in [1.29, 1.82) is 0 Å². The van der Waals surface area contributed by atoms with Gasteiger partial charge >= 0.3 is 0 Å². The molecule has 4 rings (SSSR count). The molecule has 0 amide bonds. The van der Waals surface area contributed by atoms with Crippen molar-refractivity contribution in [3.63, 3.8) is 0 Å². The van der Waals surface area contributed by atoms with Gasteiger partial charge in [0.2, 0.25) is 5.95 Å². The smallest absolute Gasteiger partial charge is 0.220 e. The molecule has 1 aliphatic carbocycles. The van der Waals surface area contributed by atoms with Crippen LogP contribution < -0.4 is 5.73 Å². The van der Waals surface area contributed by atoms with Crippen LogP contribution in [-0.4, -0.2) is 34.0 Å². The van der Waals surface area contributed by atoms with E-state index in [-0.39, 0.29) is 5.82 Å². The zero-order chi connectivity index (χ0) is 17.2. The zero-order valence-electron chi connectivity index (χ0n) is 14.5. The van der Waals surface area contributed by atoms with Crippen molar-refractivity contribution in [3.8, 4) is 11.1 Å². The predicted octanol–water partition coefficient (Wildman–Crippen LogP) is 3.99. The summed E-state index contributed by atoms with van der Waals surface area (Å²) >= 11 is 0. The van der Waals surface area contributed by atoms with Crippen molar-refractivity contribution < 1.29 is 4.39 Å². The first-order valence-electron chi connectivity index (χ1n) is 9.33. The maximum atomic E-state index is 13.7. The van der Waals surface area contributed by atoms with Crippen LogP contribution in [0.4, 0.5) is 10.3 Å². The maximum absolute atomic E-state index is 13.7. The van der Waals surface area contributed by atoms with Crippen molar-refractivity contribution >= 4 is 5.95 Å². The minimum Gasteiger partial charge on any atom is -0.368 e. The fourth-order valence-corrected chi connectivity index (χ4v) is 4.43. The predicted molar refractivity (Wildman–Crippen MR) is 97.6 cm³/mol. The van der Waals surface area contributed by atoms with Crippen LogP contribution in [0.5, 0.6) is 0 Å². The summed E-state index contributed by atoms with van der Waals surface area (Å²) in [5.74, 6) is 0.391. The van der Waals surface area contributed by atoms with E-state index in [0.29, 0.717) is 11.9 Å². The molecule has 1 aliphatic heterocycles. The zero-order valence-corrected chi connectivity index (χ0v) is 14.5. The molecule has 1 atom stereocenters. The summed E-state index contributed by atoms with van der Waals surface area (Å²) in [6.07, 6.45) is 9.35. The van der Waals surface area contributed by atoms with Crippen LogP contribution in [0.3, 0.4) is 0 Å². The molecule has 1 aromatic heterocycles. The van der Waals surface area contributed by atoms with Gasteiger partial charge in [-0.15, -0.1) is 0 Å². The second kappa shape index (κ2) is 7.08. The monoisotopic (exact) mass is 340 g/mol. The fourth-order valence-electron chi connectivity index (χ4n) is 4.43. The number of anilines is 1. The lowest BCUT2D eigenvalue weighted by atomic mass is 9.89. The number of nitrogen functional groups attached to an aromatic ring is 1. The van der Waals surface area contributed by atoms with Gasteiger partial charge in [0.25, 0.3) is 0 Å². The van der Waals surface area contributed by atoms with Gasteiger partial charge in [0.15, 0.2) is 0 Å². The van der Waals surface area contributed by atoms with E-state index >= 15 is 0 Å². The summed E-state index contributed by atoms with van der Waals surface area (Å²) in [4.78, 5) is 11.4. The molecule has 2 fully saturated rings. The molecule has 0 spiro atoms. The highest BCUT2D eigenvalue weighted by Crippen LogP contribution is 2.36. The van der Waals surface area contributed by atoms with Gasteiger partial charge in [0.1, 0.15) is 5.82 Å². The van der Waals surface area contributed by atoms with Gasteiger partial charge in [-0.3, -0.25) is 4.90 Å². The summed E-state index contributed by atoms with van der Waals surface area (Å²) in [7, 11) is 0. The summed E-state index contributed by atoms with van der Waals surface area (Å²) in [6.45, 7) is 2.19. The number of nitrogens with two attached hydrogens (primary N) is 1. The number of halogens is 1. The van der Waals surface area contributed by atoms with Crippen LogP contribution in [0.2, 0.25) is 0 Å². The third kappa shape index (κ3) is 3.52.